The highest BCUT2D eigenvalue weighted by Gasteiger charge is 1.97. The van der Waals surface area contributed by atoms with Gasteiger partial charge in [-0.3, -0.25) is 9.97 Å². The second-order valence-electron chi connectivity index (χ2n) is 3.07. The van der Waals surface area contributed by atoms with Crippen LogP contribution in [0.2, 0.25) is 0 Å². The van der Waals surface area contributed by atoms with Gasteiger partial charge in [0.1, 0.15) is 0 Å². The lowest BCUT2D eigenvalue weighted by Crippen LogP contribution is -1.86. The van der Waals surface area contributed by atoms with Crippen LogP contribution in [0.25, 0.3) is 6.08 Å². The molecule has 2 heterocycles. The Bertz CT molecular complexity index is 497. The first kappa shape index (κ1) is 10.7. The second-order valence-corrected chi connectivity index (χ2v) is 4.41. The van der Waals surface area contributed by atoms with E-state index in [2.05, 4.69) is 9.97 Å². The molecular formula is C12H10N2OS. The van der Waals surface area contributed by atoms with Gasteiger partial charge in [-0.2, -0.15) is 0 Å². The smallest absolute Gasteiger partial charge is 0.0791 e. The summed E-state index contributed by atoms with van der Waals surface area (Å²) in [4.78, 5) is 8.54. The van der Waals surface area contributed by atoms with E-state index in [1.165, 1.54) is 0 Å². The molecule has 2 aromatic rings. The fraction of sp³-hybridized carbons (Fsp3) is 0. The van der Waals surface area contributed by atoms with Gasteiger partial charge in [-0.05, 0) is 35.9 Å². The third-order valence-corrected chi connectivity index (χ3v) is 3.05. The zero-order chi connectivity index (χ0) is 11.2. The molecule has 0 aromatic carbocycles. The fourth-order valence-corrected chi connectivity index (χ4v) is 1.97. The lowest BCUT2D eigenvalue weighted by Gasteiger charge is -1.94. The Morgan fingerprint density at radius 1 is 1.06 bits per heavy atom. The Morgan fingerprint density at radius 2 is 1.88 bits per heavy atom. The molecule has 0 radical (unpaired) electrons. The zero-order valence-electron chi connectivity index (χ0n) is 8.48. The minimum atomic E-state index is -1.15. The van der Waals surface area contributed by atoms with Crippen LogP contribution >= 0.6 is 0 Å². The highest BCUT2D eigenvalue weighted by atomic mass is 32.2. The molecule has 0 saturated heterocycles. The summed E-state index contributed by atoms with van der Waals surface area (Å²) in [6.45, 7) is 0. The first-order valence-corrected chi connectivity index (χ1v) is 5.96. The predicted molar refractivity (Wildman–Crippen MR) is 63.9 cm³/mol. The molecule has 1 unspecified atom stereocenters. The van der Waals surface area contributed by atoms with Gasteiger partial charge in [0.25, 0.3) is 0 Å². The third kappa shape index (κ3) is 2.84. The van der Waals surface area contributed by atoms with Gasteiger partial charge in [-0.1, -0.05) is 0 Å². The zero-order valence-corrected chi connectivity index (χ0v) is 9.30. The summed E-state index contributed by atoms with van der Waals surface area (Å²) in [7, 11) is -1.15. The molecule has 0 saturated carbocycles. The number of pyridine rings is 2. The Labute approximate surface area is 96.3 Å². The van der Waals surface area contributed by atoms with Crippen molar-refractivity contribution in [2.24, 2.45) is 0 Å². The van der Waals surface area contributed by atoms with E-state index in [4.69, 9.17) is 0 Å². The van der Waals surface area contributed by atoms with Crippen molar-refractivity contribution in [1.29, 1.82) is 0 Å². The monoisotopic (exact) mass is 230 g/mol. The first-order valence-electron chi connectivity index (χ1n) is 4.75. The SMILES string of the molecule is O=S(/C=C/c1ccncc1)c1cccnc1. The van der Waals surface area contributed by atoms with Gasteiger partial charge in [0.05, 0.1) is 15.7 Å². The largest absolute Gasteiger partial charge is 0.265 e. The van der Waals surface area contributed by atoms with Crippen LogP contribution in [0.3, 0.4) is 0 Å². The van der Waals surface area contributed by atoms with E-state index < -0.39 is 10.8 Å². The minimum absolute atomic E-state index is 0.702. The molecule has 1 atom stereocenters. The van der Waals surface area contributed by atoms with Crippen LogP contribution in [0.1, 0.15) is 5.56 Å². The van der Waals surface area contributed by atoms with Crippen molar-refractivity contribution >= 4 is 16.9 Å². The number of aromatic nitrogens is 2. The molecule has 2 rings (SSSR count). The van der Waals surface area contributed by atoms with Crippen LogP contribution < -0.4 is 0 Å². The van der Waals surface area contributed by atoms with Crippen molar-refractivity contribution in [3.63, 3.8) is 0 Å². The van der Waals surface area contributed by atoms with Crippen molar-refractivity contribution in [2.45, 2.75) is 4.90 Å². The van der Waals surface area contributed by atoms with Crippen LogP contribution in [-0.2, 0) is 10.8 Å². The summed E-state index contributed by atoms with van der Waals surface area (Å²) in [6.07, 6.45) is 8.48. The molecule has 3 nitrogen and oxygen atoms in total. The molecule has 2 aromatic heterocycles. The lowest BCUT2D eigenvalue weighted by molar-refractivity contribution is 0.688. The summed E-state index contributed by atoms with van der Waals surface area (Å²) >= 11 is 0. The number of hydrogen-bond acceptors (Lipinski definition) is 3. The van der Waals surface area contributed by atoms with Crippen molar-refractivity contribution in [2.75, 3.05) is 0 Å². The molecule has 16 heavy (non-hydrogen) atoms. The summed E-state index contributed by atoms with van der Waals surface area (Å²) in [5.41, 5.74) is 0.979. The first-order chi connectivity index (χ1) is 7.86. The standard InChI is InChI=1S/C12H10N2OS/c15-16(12-2-1-6-14-10-12)9-5-11-3-7-13-8-4-11/h1-10H/b9-5+. The second kappa shape index (κ2) is 5.32. The van der Waals surface area contributed by atoms with Crippen molar-refractivity contribution in [3.05, 3.63) is 60.0 Å². The summed E-state index contributed by atoms with van der Waals surface area (Å²) in [6, 6.07) is 7.28. The maximum Gasteiger partial charge on any atom is 0.0791 e. The van der Waals surface area contributed by atoms with Crippen LogP contribution in [0.5, 0.6) is 0 Å². The van der Waals surface area contributed by atoms with Gasteiger partial charge < -0.3 is 0 Å². The number of nitrogens with zero attached hydrogens (tertiary/aromatic N) is 2. The van der Waals surface area contributed by atoms with E-state index in [9.17, 15) is 4.21 Å². The van der Waals surface area contributed by atoms with Crippen molar-refractivity contribution in [1.82, 2.24) is 9.97 Å². The van der Waals surface area contributed by atoms with E-state index in [1.807, 2.05) is 18.2 Å². The topological polar surface area (TPSA) is 42.9 Å². The van der Waals surface area contributed by atoms with E-state index in [0.29, 0.717) is 4.90 Å². The molecule has 0 aliphatic rings. The van der Waals surface area contributed by atoms with E-state index in [-0.39, 0.29) is 0 Å². The third-order valence-electron chi connectivity index (χ3n) is 1.96. The Morgan fingerprint density at radius 3 is 2.56 bits per heavy atom. The van der Waals surface area contributed by atoms with Gasteiger partial charge in [-0.25, -0.2) is 4.21 Å². The maximum atomic E-state index is 11.8. The number of rotatable bonds is 3. The van der Waals surface area contributed by atoms with Gasteiger partial charge in [-0.15, -0.1) is 0 Å². The molecular weight excluding hydrogens is 220 g/mol. The molecule has 0 fully saturated rings. The lowest BCUT2D eigenvalue weighted by atomic mass is 10.3. The van der Waals surface area contributed by atoms with Crippen LogP contribution in [0.4, 0.5) is 0 Å². The average molecular weight is 230 g/mol. The van der Waals surface area contributed by atoms with E-state index in [0.717, 1.165) is 5.56 Å². The van der Waals surface area contributed by atoms with Crippen LogP contribution in [0.15, 0.2) is 59.4 Å². The summed E-state index contributed by atoms with van der Waals surface area (Å²) < 4.78 is 11.8. The van der Waals surface area contributed by atoms with Crippen LogP contribution in [-0.4, -0.2) is 14.2 Å². The van der Waals surface area contributed by atoms with Gasteiger partial charge in [0.2, 0.25) is 0 Å². The fourth-order valence-electron chi connectivity index (χ4n) is 1.16. The summed E-state index contributed by atoms with van der Waals surface area (Å²) in [5.74, 6) is 0. The maximum absolute atomic E-state index is 11.8. The van der Waals surface area contributed by atoms with Gasteiger partial charge in [0, 0.05) is 30.2 Å². The molecule has 80 valence electrons. The molecule has 0 aliphatic heterocycles. The molecule has 4 heteroatoms. The molecule has 0 amide bonds. The average Bonchev–Trinajstić information content (AvgIpc) is 2.38. The normalized spacial score (nSPS) is 12.8. The van der Waals surface area contributed by atoms with Crippen molar-refractivity contribution in [3.8, 4) is 0 Å². The Balaban J connectivity index is 2.12. The Hall–Kier alpha value is -1.81. The highest BCUT2D eigenvalue weighted by Crippen LogP contribution is 2.07. The van der Waals surface area contributed by atoms with Crippen LogP contribution in [0, 0.1) is 0 Å². The molecule has 0 N–H and O–H groups in total. The van der Waals surface area contributed by atoms with E-state index in [1.54, 1.807) is 42.3 Å². The molecule has 0 aliphatic carbocycles. The summed E-state index contributed by atoms with van der Waals surface area (Å²) in [5, 5.41) is 1.65. The number of hydrogen-bond donors (Lipinski definition) is 0. The van der Waals surface area contributed by atoms with Gasteiger partial charge >= 0.3 is 0 Å². The predicted octanol–water partition coefficient (Wildman–Crippen LogP) is 2.26. The van der Waals surface area contributed by atoms with Gasteiger partial charge in [0.15, 0.2) is 0 Å². The van der Waals surface area contributed by atoms with Crippen molar-refractivity contribution < 1.29 is 4.21 Å². The molecule has 0 spiro atoms. The molecule has 0 bridgehead atoms. The Kier molecular flexibility index (Phi) is 3.56. The quantitative estimate of drug-likeness (QED) is 0.812. The van der Waals surface area contributed by atoms with E-state index >= 15 is 0 Å². The minimum Gasteiger partial charge on any atom is -0.265 e. The highest BCUT2D eigenvalue weighted by molar-refractivity contribution is 7.88.